The molecule has 5 aromatic rings. The number of hydrogen-bond acceptors (Lipinski definition) is 5. The van der Waals surface area contributed by atoms with Crippen LogP contribution in [0.3, 0.4) is 0 Å². The number of benzene rings is 2. The highest BCUT2D eigenvalue weighted by Gasteiger charge is 2.19. The summed E-state index contributed by atoms with van der Waals surface area (Å²) in [5.41, 5.74) is 5.55. The molecule has 0 atom stereocenters. The molecular formula is C26H23N5O2. The highest BCUT2D eigenvalue weighted by molar-refractivity contribution is 6.13. The Morgan fingerprint density at radius 3 is 2.73 bits per heavy atom. The van der Waals surface area contributed by atoms with Crippen molar-refractivity contribution in [3.63, 3.8) is 0 Å². The quantitative estimate of drug-likeness (QED) is 0.423. The maximum absolute atomic E-state index is 13.3. The Labute approximate surface area is 191 Å². The SMILES string of the molecule is COc1cc(C(=O)Nc2c(C)nn(Cc3cccc4cccnc34)c2C)c2ccccc2n1. The van der Waals surface area contributed by atoms with Crippen molar-refractivity contribution in [1.29, 1.82) is 0 Å². The molecule has 0 saturated heterocycles. The van der Waals surface area contributed by atoms with E-state index in [0.717, 1.165) is 33.2 Å². The van der Waals surface area contributed by atoms with E-state index < -0.39 is 0 Å². The Hall–Kier alpha value is -4.26. The second-order valence-corrected chi connectivity index (χ2v) is 7.88. The lowest BCUT2D eigenvalue weighted by atomic mass is 10.1. The molecule has 3 aromatic heterocycles. The number of amides is 1. The van der Waals surface area contributed by atoms with Crippen molar-refractivity contribution in [2.24, 2.45) is 0 Å². The number of rotatable bonds is 5. The first-order valence-corrected chi connectivity index (χ1v) is 10.7. The zero-order valence-corrected chi connectivity index (χ0v) is 18.7. The number of carbonyl (C=O) groups is 1. The van der Waals surface area contributed by atoms with E-state index in [4.69, 9.17) is 9.84 Å². The summed E-state index contributed by atoms with van der Waals surface area (Å²) in [7, 11) is 1.54. The van der Waals surface area contributed by atoms with Crippen LogP contribution in [0.2, 0.25) is 0 Å². The van der Waals surface area contributed by atoms with Gasteiger partial charge in [-0.3, -0.25) is 14.5 Å². The lowest BCUT2D eigenvalue weighted by molar-refractivity contribution is 0.102. The van der Waals surface area contributed by atoms with Gasteiger partial charge >= 0.3 is 0 Å². The first-order chi connectivity index (χ1) is 16.0. The van der Waals surface area contributed by atoms with E-state index >= 15 is 0 Å². The largest absolute Gasteiger partial charge is 0.481 e. The minimum absolute atomic E-state index is 0.232. The molecule has 1 N–H and O–H groups in total. The molecule has 5 rings (SSSR count). The molecule has 7 heteroatoms. The van der Waals surface area contributed by atoms with Gasteiger partial charge < -0.3 is 10.1 Å². The van der Waals surface area contributed by atoms with Gasteiger partial charge in [-0.05, 0) is 31.5 Å². The van der Waals surface area contributed by atoms with Crippen molar-refractivity contribution in [2.75, 3.05) is 12.4 Å². The van der Waals surface area contributed by atoms with Crippen molar-refractivity contribution in [1.82, 2.24) is 19.7 Å². The molecule has 1 amide bonds. The van der Waals surface area contributed by atoms with Crippen LogP contribution in [-0.4, -0.2) is 32.8 Å². The lowest BCUT2D eigenvalue weighted by Crippen LogP contribution is -2.14. The van der Waals surface area contributed by atoms with Gasteiger partial charge in [0.15, 0.2) is 0 Å². The minimum atomic E-state index is -0.232. The number of methoxy groups -OCH3 is 1. The molecule has 0 bridgehead atoms. The van der Waals surface area contributed by atoms with Crippen molar-refractivity contribution in [2.45, 2.75) is 20.4 Å². The summed E-state index contributed by atoms with van der Waals surface area (Å²) in [5.74, 6) is 0.163. The fraction of sp³-hybridized carbons (Fsp3) is 0.154. The standard InChI is InChI=1S/C26H23N5O2/c1-16-24(29-26(32)21-14-23(33-3)28-22-12-5-4-11-20(21)22)17(2)31(30-16)15-19-9-6-8-18-10-7-13-27-25(18)19/h4-14H,15H2,1-3H3,(H,29,32). The average Bonchev–Trinajstić information content (AvgIpc) is 3.10. The number of aryl methyl sites for hydroxylation is 1. The number of para-hydroxylation sites is 2. The van der Waals surface area contributed by atoms with Crippen LogP contribution in [0.4, 0.5) is 5.69 Å². The second kappa shape index (κ2) is 8.35. The number of aromatic nitrogens is 4. The molecule has 0 aliphatic heterocycles. The zero-order chi connectivity index (χ0) is 22.9. The number of ether oxygens (including phenoxy) is 1. The van der Waals surface area contributed by atoms with Crippen LogP contribution in [-0.2, 0) is 6.54 Å². The van der Waals surface area contributed by atoms with Crippen molar-refractivity contribution >= 4 is 33.4 Å². The van der Waals surface area contributed by atoms with Gasteiger partial charge in [-0.25, -0.2) is 4.98 Å². The molecule has 33 heavy (non-hydrogen) atoms. The fourth-order valence-electron chi connectivity index (χ4n) is 4.11. The summed E-state index contributed by atoms with van der Waals surface area (Å²) in [6, 6.07) is 19.3. The smallest absolute Gasteiger partial charge is 0.256 e. The maximum Gasteiger partial charge on any atom is 0.256 e. The average molecular weight is 438 g/mol. The van der Waals surface area contributed by atoms with E-state index in [9.17, 15) is 4.79 Å². The lowest BCUT2D eigenvalue weighted by Gasteiger charge is -2.11. The van der Waals surface area contributed by atoms with E-state index in [1.807, 2.05) is 67.1 Å². The third-order valence-corrected chi connectivity index (χ3v) is 5.80. The molecule has 0 aliphatic rings. The number of nitrogens with one attached hydrogen (secondary N) is 1. The first kappa shape index (κ1) is 20.6. The van der Waals surface area contributed by atoms with Crippen LogP contribution in [0.5, 0.6) is 5.88 Å². The zero-order valence-electron chi connectivity index (χ0n) is 18.7. The Morgan fingerprint density at radius 2 is 1.88 bits per heavy atom. The molecular weight excluding hydrogens is 414 g/mol. The van der Waals surface area contributed by atoms with Gasteiger partial charge in [-0.1, -0.05) is 42.5 Å². The molecule has 0 radical (unpaired) electrons. The molecule has 3 heterocycles. The topological polar surface area (TPSA) is 81.9 Å². The summed E-state index contributed by atoms with van der Waals surface area (Å²) in [4.78, 5) is 22.3. The minimum Gasteiger partial charge on any atom is -0.481 e. The van der Waals surface area contributed by atoms with E-state index in [2.05, 4.69) is 21.4 Å². The van der Waals surface area contributed by atoms with Crippen LogP contribution in [0, 0.1) is 13.8 Å². The van der Waals surface area contributed by atoms with Gasteiger partial charge in [-0.2, -0.15) is 5.10 Å². The van der Waals surface area contributed by atoms with Crippen molar-refractivity contribution < 1.29 is 9.53 Å². The number of hydrogen-bond donors (Lipinski definition) is 1. The second-order valence-electron chi connectivity index (χ2n) is 7.88. The number of carbonyl (C=O) groups excluding carboxylic acids is 1. The highest BCUT2D eigenvalue weighted by Crippen LogP contribution is 2.26. The van der Waals surface area contributed by atoms with Gasteiger partial charge in [0.25, 0.3) is 5.91 Å². The summed E-state index contributed by atoms with van der Waals surface area (Å²) < 4.78 is 7.21. The summed E-state index contributed by atoms with van der Waals surface area (Å²) in [6.07, 6.45) is 1.80. The predicted octanol–water partition coefficient (Wildman–Crippen LogP) is 4.91. The molecule has 0 unspecified atom stereocenters. The van der Waals surface area contributed by atoms with Gasteiger partial charge in [0, 0.05) is 23.0 Å². The number of anilines is 1. The van der Waals surface area contributed by atoms with Crippen LogP contribution in [0.25, 0.3) is 21.8 Å². The molecule has 0 aliphatic carbocycles. The van der Waals surface area contributed by atoms with E-state index in [1.165, 1.54) is 0 Å². The number of pyridine rings is 2. The summed E-state index contributed by atoms with van der Waals surface area (Å²) >= 11 is 0. The van der Waals surface area contributed by atoms with Gasteiger partial charge in [0.1, 0.15) is 0 Å². The normalized spacial score (nSPS) is 11.1. The molecule has 2 aromatic carbocycles. The van der Waals surface area contributed by atoms with E-state index in [-0.39, 0.29) is 5.91 Å². The van der Waals surface area contributed by atoms with Crippen LogP contribution >= 0.6 is 0 Å². The van der Waals surface area contributed by atoms with Crippen molar-refractivity contribution in [3.8, 4) is 5.88 Å². The molecule has 164 valence electrons. The number of fused-ring (bicyclic) bond motifs is 2. The summed E-state index contributed by atoms with van der Waals surface area (Å²) in [5, 5.41) is 9.60. The summed E-state index contributed by atoms with van der Waals surface area (Å²) in [6.45, 7) is 4.41. The van der Waals surface area contributed by atoms with Crippen molar-refractivity contribution in [3.05, 3.63) is 89.4 Å². The molecule has 7 nitrogen and oxygen atoms in total. The maximum atomic E-state index is 13.3. The third-order valence-electron chi connectivity index (χ3n) is 5.80. The molecule has 0 fully saturated rings. The van der Waals surface area contributed by atoms with Gasteiger partial charge in [-0.15, -0.1) is 0 Å². The number of nitrogens with zero attached hydrogens (tertiary/aromatic N) is 4. The molecule has 0 saturated carbocycles. The Morgan fingerprint density at radius 1 is 1.06 bits per heavy atom. The van der Waals surface area contributed by atoms with E-state index in [0.29, 0.717) is 29.2 Å². The fourth-order valence-corrected chi connectivity index (χ4v) is 4.11. The monoisotopic (exact) mass is 437 g/mol. The van der Waals surface area contributed by atoms with E-state index in [1.54, 1.807) is 19.4 Å². The Bertz CT molecular complexity index is 1500. The Balaban J connectivity index is 1.48. The molecule has 0 spiro atoms. The predicted molar refractivity (Wildman–Crippen MR) is 129 cm³/mol. The highest BCUT2D eigenvalue weighted by atomic mass is 16.5. The Kier molecular flexibility index (Phi) is 5.22. The van der Waals surface area contributed by atoms with Crippen LogP contribution in [0.1, 0.15) is 27.3 Å². The van der Waals surface area contributed by atoms with Crippen LogP contribution in [0.15, 0.2) is 66.9 Å². The first-order valence-electron chi connectivity index (χ1n) is 10.7. The van der Waals surface area contributed by atoms with Gasteiger partial charge in [0.2, 0.25) is 5.88 Å². The third kappa shape index (κ3) is 3.78. The van der Waals surface area contributed by atoms with Crippen LogP contribution < -0.4 is 10.1 Å². The van der Waals surface area contributed by atoms with Gasteiger partial charge in [0.05, 0.1) is 47.3 Å².